The summed E-state index contributed by atoms with van der Waals surface area (Å²) >= 11 is 0. The zero-order valence-corrected chi connectivity index (χ0v) is 13.1. The number of H-pyrrole nitrogens is 1. The number of hydrogen-bond donors (Lipinski definition) is 2. The minimum Gasteiger partial charge on any atom is -0.465 e. The van der Waals surface area contributed by atoms with Gasteiger partial charge in [-0.1, -0.05) is 18.2 Å². The summed E-state index contributed by atoms with van der Waals surface area (Å²) < 4.78 is 24.6. The molecule has 0 saturated heterocycles. The van der Waals surface area contributed by atoms with Crippen LogP contribution in [-0.2, 0) is 9.53 Å². The van der Waals surface area contributed by atoms with Gasteiger partial charge in [-0.2, -0.15) is 0 Å². The maximum absolute atomic E-state index is 14.4. The van der Waals surface area contributed by atoms with E-state index in [9.17, 15) is 14.0 Å². The maximum atomic E-state index is 14.4. The molecule has 2 aromatic rings. The van der Waals surface area contributed by atoms with E-state index in [0.29, 0.717) is 5.69 Å². The third kappa shape index (κ3) is 2.44. The number of aromatic amines is 1. The molecule has 0 radical (unpaired) electrons. The third-order valence-electron chi connectivity index (χ3n) is 3.85. The van der Waals surface area contributed by atoms with Gasteiger partial charge in [0, 0.05) is 17.3 Å². The Bertz CT molecular complexity index is 917. The molecule has 3 N–H and O–H groups in total. The van der Waals surface area contributed by atoms with Gasteiger partial charge in [0.05, 0.1) is 18.6 Å². The first-order chi connectivity index (χ1) is 11.4. The lowest BCUT2D eigenvalue weighted by Gasteiger charge is -2.27. The number of methoxy groups -OCH3 is 1. The van der Waals surface area contributed by atoms with E-state index < -0.39 is 23.3 Å². The molecule has 0 aliphatic carbocycles. The van der Waals surface area contributed by atoms with Gasteiger partial charge in [0.15, 0.2) is 0 Å². The second-order valence-corrected chi connectivity index (χ2v) is 5.39. The zero-order chi connectivity index (χ0) is 17.4. The maximum Gasteiger partial charge on any atom is 0.340 e. The molecule has 3 rings (SSSR count). The third-order valence-corrected chi connectivity index (χ3v) is 3.85. The van der Waals surface area contributed by atoms with E-state index in [1.165, 1.54) is 25.3 Å². The number of nitrogens with two attached hydrogens (primary N) is 1. The predicted octanol–water partition coefficient (Wildman–Crippen LogP) is 1.69. The first-order valence-corrected chi connectivity index (χ1v) is 7.18. The van der Waals surface area contributed by atoms with E-state index in [0.717, 1.165) is 0 Å². The molecule has 1 aliphatic rings. The van der Waals surface area contributed by atoms with Crippen LogP contribution in [0.25, 0.3) is 0 Å². The highest BCUT2D eigenvalue weighted by atomic mass is 19.1. The molecule has 1 atom stereocenters. The second-order valence-electron chi connectivity index (χ2n) is 5.39. The molecule has 0 fully saturated rings. The van der Waals surface area contributed by atoms with E-state index in [2.05, 4.69) is 4.98 Å². The van der Waals surface area contributed by atoms with Crippen molar-refractivity contribution in [2.75, 3.05) is 7.11 Å². The quantitative estimate of drug-likeness (QED) is 0.817. The number of hydrogen-bond acceptors (Lipinski definition) is 5. The number of aromatic nitrogens is 1. The molecule has 0 amide bonds. The Morgan fingerprint density at radius 3 is 2.75 bits per heavy atom. The largest absolute Gasteiger partial charge is 0.465 e. The van der Waals surface area contributed by atoms with Crippen LogP contribution < -0.4 is 16.0 Å². The molecule has 1 aliphatic heterocycles. The Balaban J connectivity index is 2.35. The fourth-order valence-corrected chi connectivity index (χ4v) is 2.84. The van der Waals surface area contributed by atoms with Crippen molar-refractivity contribution in [3.05, 3.63) is 74.8 Å². The normalized spacial score (nSPS) is 16.4. The van der Waals surface area contributed by atoms with Crippen molar-refractivity contribution in [3.8, 4) is 5.75 Å². The van der Waals surface area contributed by atoms with Gasteiger partial charge in [-0.15, -0.1) is 0 Å². The molecule has 1 aromatic carbocycles. The lowest BCUT2D eigenvalue weighted by Crippen LogP contribution is -2.32. The highest BCUT2D eigenvalue weighted by Crippen LogP contribution is 2.41. The van der Waals surface area contributed by atoms with Crippen molar-refractivity contribution in [2.24, 2.45) is 5.73 Å². The number of halogens is 1. The molecule has 24 heavy (non-hydrogen) atoms. The SMILES string of the molecule is COC(=O)C1=C(N)Oc2cc(C)[nH]c(=O)c2C1c1ccccc1F. The zero-order valence-electron chi connectivity index (χ0n) is 13.1. The Morgan fingerprint density at radius 2 is 2.08 bits per heavy atom. The summed E-state index contributed by atoms with van der Waals surface area (Å²) in [5, 5.41) is 0. The number of nitrogens with one attached hydrogen (secondary N) is 1. The average Bonchev–Trinajstić information content (AvgIpc) is 2.53. The van der Waals surface area contributed by atoms with E-state index in [1.54, 1.807) is 19.1 Å². The van der Waals surface area contributed by atoms with Crippen LogP contribution >= 0.6 is 0 Å². The van der Waals surface area contributed by atoms with Crippen LogP contribution in [0.15, 0.2) is 46.6 Å². The van der Waals surface area contributed by atoms with Gasteiger partial charge in [-0.05, 0) is 13.0 Å². The van der Waals surface area contributed by atoms with Crippen molar-refractivity contribution in [3.63, 3.8) is 0 Å². The van der Waals surface area contributed by atoms with Gasteiger partial charge in [0.25, 0.3) is 5.56 Å². The minimum absolute atomic E-state index is 0.107. The number of ether oxygens (including phenoxy) is 2. The highest BCUT2D eigenvalue weighted by molar-refractivity contribution is 5.92. The number of aryl methyl sites for hydroxylation is 1. The standard InChI is InChI=1S/C17H15FN2O4/c1-8-7-11-13(16(21)20-8)12(9-5-3-4-6-10(9)18)14(15(19)24-11)17(22)23-2/h3-7,12H,19H2,1-2H3,(H,20,21). The first kappa shape index (κ1) is 15.8. The van der Waals surface area contributed by atoms with Crippen LogP contribution in [0.4, 0.5) is 4.39 Å². The molecule has 6 nitrogen and oxygen atoms in total. The second kappa shape index (κ2) is 5.84. The summed E-state index contributed by atoms with van der Waals surface area (Å²) in [5.74, 6) is -2.40. The molecule has 7 heteroatoms. The van der Waals surface area contributed by atoms with Gasteiger partial charge in [0.1, 0.15) is 17.1 Å². The van der Waals surface area contributed by atoms with Crippen molar-refractivity contribution in [2.45, 2.75) is 12.8 Å². The fourth-order valence-electron chi connectivity index (χ4n) is 2.84. The Morgan fingerprint density at radius 1 is 1.38 bits per heavy atom. The van der Waals surface area contributed by atoms with Crippen molar-refractivity contribution >= 4 is 5.97 Å². The summed E-state index contributed by atoms with van der Waals surface area (Å²) in [6, 6.07) is 7.44. The van der Waals surface area contributed by atoms with E-state index in [1.807, 2.05) is 0 Å². The van der Waals surface area contributed by atoms with Crippen LogP contribution in [0, 0.1) is 12.7 Å². The summed E-state index contributed by atoms with van der Waals surface area (Å²) in [7, 11) is 1.18. The van der Waals surface area contributed by atoms with Crippen LogP contribution in [-0.4, -0.2) is 18.1 Å². The van der Waals surface area contributed by atoms with Gasteiger partial charge in [-0.25, -0.2) is 9.18 Å². The number of fused-ring (bicyclic) bond motifs is 1. The van der Waals surface area contributed by atoms with Crippen LogP contribution in [0.5, 0.6) is 5.75 Å². The minimum atomic E-state index is -1.02. The van der Waals surface area contributed by atoms with Crippen molar-refractivity contribution < 1.29 is 18.7 Å². The molecule has 0 spiro atoms. The number of pyridine rings is 1. The number of benzene rings is 1. The fraction of sp³-hybridized carbons (Fsp3) is 0.176. The smallest absolute Gasteiger partial charge is 0.340 e. The van der Waals surface area contributed by atoms with E-state index >= 15 is 0 Å². The number of carbonyl (C=O) groups excluding carboxylic acids is 1. The number of rotatable bonds is 2. The first-order valence-electron chi connectivity index (χ1n) is 7.18. The van der Waals surface area contributed by atoms with Gasteiger partial charge >= 0.3 is 5.97 Å². The monoisotopic (exact) mass is 330 g/mol. The molecular formula is C17H15FN2O4. The molecule has 1 aromatic heterocycles. The Kier molecular flexibility index (Phi) is 3.84. The molecule has 2 heterocycles. The molecule has 0 bridgehead atoms. The van der Waals surface area contributed by atoms with Crippen LogP contribution in [0.2, 0.25) is 0 Å². The molecule has 0 saturated carbocycles. The Labute approximate surface area is 136 Å². The lowest BCUT2D eigenvalue weighted by molar-refractivity contribution is -0.136. The lowest BCUT2D eigenvalue weighted by atomic mass is 9.83. The Hall–Kier alpha value is -3.09. The van der Waals surface area contributed by atoms with Crippen molar-refractivity contribution in [1.29, 1.82) is 0 Å². The average molecular weight is 330 g/mol. The van der Waals surface area contributed by atoms with E-state index in [-0.39, 0.29) is 28.3 Å². The summed E-state index contributed by atoms with van der Waals surface area (Å²) in [4.78, 5) is 27.3. The number of esters is 1. The summed E-state index contributed by atoms with van der Waals surface area (Å²) in [5.41, 5.74) is 6.09. The van der Waals surface area contributed by atoms with Gasteiger partial charge in [-0.3, -0.25) is 4.79 Å². The van der Waals surface area contributed by atoms with Gasteiger partial charge < -0.3 is 20.2 Å². The van der Waals surface area contributed by atoms with E-state index in [4.69, 9.17) is 15.2 Å². The van der Waals surface area contributed by atoms with Crippen LogP contribution in [0.1, 0.15) is 22.7 Å². The molecule has 1 unspecified atom stereocenters. The summed E-state index contributed by atoms with van der Waals surface area (Å²) in [6.45, 7) is 1.68. The number of carbonyl (C=O) groups is 1. The predicted molar refractivity (Wildman–Crippen MR) is 83.9 cm³/mol. The molecular weight excluding hydrogens is 315 g/mol. The van der Waals surface area contributed by atoms with Crippen LogP contribution in [0.3, 0.4) is 0 Å². The van der Waals surface area contributed by atoms with Crippen molar-refractivity contribution in [1.82, 2.24) is 4.98 Å². The summed E-state index contributed by atoms with van der Waals surface area (Å²) in [6.07, 6.45) is 0. The highest BCUT2D eigenvalue weighted by Gasteiger charge is 2.38. The topological polar surface area (TPSA) is 94.4 Å². The van der Waals surface area contributed by atoms with Gasteiger partial charge in [0.2, 0.25) is 5.88 Å². The molecule has 124 valence electrons.